The zero-order chi connectivity index (χ0) is 64.7. The molecule has 0 fully saturated rings. The minimum Gasteiger partial charge on any atom is -0.477 e. The third kappa shape index (κ3) is 72.3. The predicted molar refractivity (Wildman–Crippen MR) is 383 cm³/mol. The van der Waals surface area contributed by atoms with E-state index in [1.165, 1.54) is 276 Å². The molecule has 0 aromatic heterocycles. The van der Waals surface area contributed by atoms with Crippen LogP contribution in [-0.4, -0.2) is 87.4 Å². The quantitative estimate of drug-likeness (QED) is 0.0211. The van der Waals surface area contributed by atoms with Crippen molar-refractivity contribution < 1.29 is 42.9 Å². The maximum Gasteiger partial charge on any atom is 0.361 e. The topological polar surface area (TPSA) is 108 Å². The Bertz CT molecular complexity index is 1650. The summed E-state index contributed by atoms with van der Waals surface area (Å²) in [5.74, 6) is -1.99. The molecular formula is C80H148NO8+. The first kappa shape index (κ1) is 86.0. The lowest BCUT2D eigenvalue weighted by molar-refractivity contribution is -0.870. The molecule has 0 aliphatic carbocycles. The Morgan fingerprint density at radius 3 is 0.899 bits per heavy atom. The molecule has 0 saturated carbocycles. The molecule has 0 radical (unpaired) electrons. The molecule has 0 heterocycles. The second-order valence-corrected chi connectivity index (χ2v) is 27.3. The van der Waals surface area contributed by atoms with Crippen molar-refractivity contribution in [3.05, 3.63) is 60.8 Å². The Kier molecular flexibility index (Phi) is 68.5. The van der Waals surface area contributed by atoms with Crippen LogP contribution < -0.4 is 0 Å². The molecule has 0 aliphatic rings. The molecule has 0 bridgehead atoms. The molecular weight excluding hydrogens is 1100 g/mol. The molecule has 0 spiro atoms. The summed E-state index contributed by atoms with van der Waals surface area (Å²) in [4.78, 5) is 37.6. The highest BCUT2D eigenvalue weighted by Gasteiger charge is 2.25. The van der Waals surface area contributed by atoms with Gasteiger partial charge in [0.2, 0.25) is 0 Å². The lowest BCUT2D eigenvalue weighted by Crippen LogP contribution is -2.40. The highest BCUT2D eigenvalue weighted by atomic mass is 16.7. The number of likely N-dealkylation sites (N-methyl/N-ethyl adjacent to an activating group) is 1. The number of nitrogens with zero attached hydrogens (tertiary/aromatic N) is 1. The minimum absolute atomic E-state index is 0.182. The lowest BCUT2D eigenvalue weighted by atomic mass is 10.0. The van der Waals surface area contributed by atoms with Crippen LogP contribution in [0.3, 0.4) is 0 Å². The normalized spacial score (nSPS) is 13.0. The molecule has 0 amide bonds. The summed E-state index contributed by atoms with van der Waals surface area (Å²) in [6, 6.07) is 0. The monoisotopic (exact) mass is 1250 g/mol. The molecule has 0 aliphatic heterocycles. The minimum atomic E-state index is -1.51. The van der Waals surface area contributed by atoms with Gasteiger partial charge in [-0.1, -0.05) is 338 Å². The SMILES string of the molecule is CCCCCCC/C=C\C/C=C\C/C=C\CCCCCCCCCCC(=O)OC(COC(=O)CCCCCCCCCCCCCCCCCCCCCCCCCCCCCCC/C=C\C/C=C\CCCCCCC)COC(OCC[N+](C)(C)C)C(=O)O. The van der Waals surface area contributed by atoms with Crippen molar-refractivity contribution in [1.29, 1.82) is 0 Å². The number of carboxylic acid groups (broad SMARTS) is 1. The zero-order valence-corrected chi connectivity index (χ0v) is 59.6. The van der Waals surface area contributed by atoms with Crippen molar-refractivity contribution in [3.63, 3.8) is 0 Å². The first-order valence-corrected chi connectivity index (χ1v) is 38.5. The van der Waals surface area contributed by atoms with E-state index in [1.54, 1.807) is 0 Å². The average Bonchev–Trinajstić information content (AvgIpc) is 3.64. The van der Waals surface area contributed by atoms with Crippen LogP contribution in [0.1, 0.15) is 373 Å². The van der Waals surface area contributed by atoms with Crippen molar-refractivity contribution in [2.45, 2.75) is 386 Å². The molecule has 9 heteroatoms. The molecule has 520 valence electrons. The van der Waals surface area contributed by atoms with Crippen LogP contribution in [0.4, 0.5) is 0 Å². The summed E-state index contributed by atoms with van der Waals surface area (Å²) >= 11 is 0. The number of carboxylic acids is 1. The Hall–Kier alpha value is -3.01. The van der Waals surface area contributed by atoms with Gasteiger partial charge in [-0.3, -0.25) is 9.59 Å². The molecule has 1 N–H and O–H groups in total. The van der Waals surface area contributed by atoms with Gasteiger partial charge in [0, 0.05) is 12.8 Å². The summed E-state index contributed by atoms with van der Waals surface area (Å²) in [5, 5.41) is 9.75. The smallest absolute Gasteiger partial charge is 0.361 e. The molecule has 2 unspecified atom stereocenters. The largest absolute Gasteiger partial charge is 0.477 e. The van der Waals surface area contributed by atoms with Crippen LogP contribution in [0.5, 0.6) is 0 Å². The van der Waals surface area contributed by atoms with Gasteiger partial charge in [0.25, 0.3) is 6.29 Å². The van der Waals surface area contributed by atoms with Gasteiger partial charge in [-0.25, -0.2) is 4.79 Å². The van der Waals surface area contributed by atoms with Gasteiger partial charge in [-0.15, -0.1) is 0 Å². The van der Waals surface area contributed by atoms with Crippen LogP contribution in [0.2, 0.25) is 0 Å². The predicted octanol–water partition coefficient (Wildman–Crippen LogP) is 24.3. The summed E-state index contributed by atoms with van der Waals surface area (Å²) in [7, 11) is 5.98. The first-order valence-electron chi connectivity index (χ1n) is 38.5. The molecule has 0 aromatic rings. The fraction of sp³-hybridized carbons (Fsp3) is 0.838. The lowest BCUT2D eigenvalue weighted by Gasteiger charge is -2.25. The van der Waals surface area contributed by atoms with E-state index in [9.17, 15) is 19.5 Å². The number of hydrogen-bond acceptors (Lipinski definition) is 7. The molecule has 9 nitrogen and oxygen atoms in total. The van der Waals surface area contributed by atoms with Gasteiger partial charge in [-0.2, -0.15) is 0 Å². The standard InChI is InChI=1S/C80H147NO8/c1-6-8-10-12-14-16-18-20-22-24-26-28-30-31-32-33-34-35-36-37-38-39-40-41-42-43-44-45-46-47-49-50-52-54-56-58-60-62-64-66-68-70-77(82)87-74-76(75-88-80(79(84)85)86-73-72-81(3,4)5)89-78(83)71-69-67-65-63-61-59-57-55-53-51-48-29-27-25-23-21-19-17-15-13-11-9-7-2/h18-21,24-27,48,51,76,80H,6-17,22-23,28-47,49-50,52-75H2,1-5H3/p+1/b20-18-,21-19-,26-24-,27-25-,51-48-. The van der Waals surface area contributed by atoms with Crippen molar-refractivity contribution >= 4 is 17.9 Å². The van der Waals surface area contributed by atoms with E-state index in [-0.39, 0.29) is 32.2 Å². The maximum absolute atomic E-state index is 12.9. The third-order valence-electron chi connectivity index (χ3n) is 17.2. The van der Waals surface area contributed by atoms with E-state index < -0.39 is 24.3 Å². The van der Waals surface area contributed by atoms with Crippen molar-refractivity contribution in [2.24, 2.45) is 0 Å². The van der Waals surface area contributed by atoms with Gasteiger partial charge < -0.3 is 28.5 Å². The fourth-order valence-corrected chi connectivity index (χ4v) is 11.4. The number of rotatable bonds is 72. The Morgan fingerprint density at radius 2 is 0.607 bits per heavy atom. The number of ether oxygens (including phenoxy) is 4. The zero-order valence-electron chi connectivity index (χ0n) is 59.6. The highest BCUT2D eigenvalue weighted by molar-refractivity contribution is 5.71. The maximum atomic E-state index is 12.9. The Morgan fingerprint density at radius 1 is 0.337 bits per heavy atom. The second-order valence-electron chi connectivity index (χ2n) is 27.3. The van der Waals surface area contributed by atoms with Gasteiger partial charge in [0.05, 0.1) is 34.4 Å². The van der Waals surface area contributed by atoms with Gasteiger partial charge in [-0.05, 0) is 83.5 Å². The number of hydrogen-bond donors (Lipinski definition) is 1. The number of esters is 2. The third-order valence-corrected chi connectivity index (χ3v) is 17.2. The van der Waals surface area contributed by atoms with Crippen LogP contribution in [-0.2, 0) is 33.3 Å². The van der Waals surface area contributed by atoms with Gasteiger partial charge >= 0.3 is 17.9 Å². The number of quaternary nitrogens is 1. The molecule has 0 saturated heterocycles. The first-order chi connectivity index (χ1) is 43.6. The van der Waals surface area contributed by atoms with Crippen molar-refractivity contribution in [1.82, 2.24) is 0 Å². The molecule has 0 aromatic carbocycles. The summed E-state index contributed by atoms with van der Waals surface area (Å²) in [6.45, 7) is 4.90. The van der Waals surface area contributed by atoms with E-state index in [0.29, 0.717) is 23.9 Å². The average molecular weight is 1250 g/mol. The molecule has 89 heavy (non-hydrogen) atoms. The van der Waals surface area contributed by atoms with Crippen LogP contribution >= 0.6 is 0 Å². The number of aliphatic carboxylic acids is 1. The van der Waals surface area contributed by atoms with E-state index in [2.05, 4.69) is 74.6 Å². The van der Waals surface area contributed by atoms with E-state index in [4.69, 9.17) is 18.9 Å². The number of allylic oxidation sites excluding steroid dienone is 10. The molecule has 0 rings (SSSR count). The van der Waals surface area contributed by atoms with Crippen LogP contribution in [0.25, 0.3) is 0 Å². The molecule has 2 atom stereocenters. The Balaban J connectivity index is 3.95. The fourth-order valence-electron chi connectivity index (χ4n) is 11.4. The second kappa shape index (κ2) is 70.9. The number of carbonyl (C=O) groups is 3. The summed E-state index contributed by atoms with van der Waals surface area (Å²) in [5.41, 5.74) is 0. The summed E-state index contributed by atoms with van der Waals surface area (Å²) < 4.78 is 23.0. The van der Waals surface area contributed by atoms with Gasteiger partial charge in [0.1, 0.15) is 13.2 Å². The van der Waals surface area contributed by atoms with Gasteiger partial charge in [0.15, 0.2) is 6.10 Å². The summed E-state index contributed by atoms with van der Waals surface area (Å²) in [6.07, 6.45) is 90.9. The van der Waals surface area contributed by atoms with E-state index in [0.717, 1.165) is 64.2 Å². The van der Waals surface area contributed by atoms with Crippen molar-refractivity contribution in [2.75, 3.05) is 47.5 Å². The highest BCUT2D eigenvalue weighted by Crippen LogP contribution is 2.19. The van der Waals surface area contributed by atoms with Crippen molar-refractivity contribution in [3.8, 4) is 0 Å². The van der Waals surface area contributed by atoms with E-state index in [1.807, 2.05) is 21.1 Å². The number of carbonyl (C=O) groups excluding carboxylic acids is 2. The number of unbranched alkanes of at least 4 members (excludes halogenated alkanes) is 47. The Labute approximate surface area is 552 Å². The van der Waals surface area contributed by atoms with Crippen LogP contribution in [0.15, 0.2) is 60.8 Å². The van der Waals surface area contributed by atoms with E-state index >= 15 is 0 Å². The van der Waals surface area contributed by atoms with Crippen LogP contribution in [0, 0.1) is 0 Å².